The molecule has 1 N–H and O–H groups in total. The summed E-state index contributed by atoms with van der Waals surface area (Å²) in [4.78, 5) is 9.49. The third-order valence-electron chi connectivity index (χ3n) is 0.639. The fraction of sp³-hybridized carbons (Fsp3) is 0.750. The van der Waals surface area contributed by atoms with Crippen molar-refractivity contribution in [3.63, 3.8) is 0 Å². The minimum absolute atomic E-state index is 1.12. The molecule has 60 valence electrons. The number of halogens is 3. The maximum atomic E-state index is 11.7. The number of carbonyl (C=O) groups is 1. The lowest BCUT2D eigenvalue weighted by Gasteiger charge is -2.04. The van der Waals surface area contributed by atoms with Gasteiger partial charge in [-0.3, -0.25) is 0 Å². The van der Waals surface area contributed by atoms with E-state index >= 15 is 0 Å². The van der Waals surface area contributed by atoms with Crippen molar-refractivity contribution in [2.24, 2.45) is 0 Å². The minimum atomic E-state index is -3.20. The molecule has 6 heteroatoms. The van der Waals surface area contributed by atoms with Crippen LogP contribution in [0.4, 0.5) is 18.0 Å². The molecule has 0 saturated carbocycles. The molecule has 0 saturated heterocycles. The second-order valence-corrected chi connectivity index (χ2v) is 1.43. The Morgan fingerprint density at radius 3 is 2.30 bits per heavy atom. The zero-order chi connectivity index (χ0) is 8.15. The van der Waals surface area contributed by atoms with Gasteiger partial charge in [0.15, 0.2) is 6.17 Å². The van der Waals surface area contributed by atoms with Crippen LogP contribution in [0.3, 0.4) is 0 Å². The van der Waals surface area contributed by atoms with Crippen molar-refractivity contribution >= 4 is 6.16 Å². The van der Waals surface area contributed by atoms with Crippen molar-refractivity contribution in [3.05, 3.63) is 0 Å². The number of ether oxygens (including phenoxy) is 1. The number of carboxylic acid groups (broad SMARTS) is 1. The Hall–Kier alpha value is -0.940. The highest BCUT2D eigenvalue weighted by atomic mass is 19.3. The molecular formula is C4H5F3O3. The molecule has 0 aromatic rings. The average Bonchev–Trinajstić information content (AvgIpc) is 1.82. The van der Waals surface area contributed by atoms with Gasteiger partial charge in [0.1, 0.15) is 6.61 Å². The molecule has 0 bridgehead atoms. The van der Waals surface area contributed by atoms with Gasteiger partial charge in [-0.2, -0.15) is 0 Å². The van der Waals surface area contributed by atoms with Gasteiger partial charge >= 0.3 is 6.16 Å². The quantitative estimate of drug-likeness (QED) is 0.629. The van der Waals surface area contributed by atoms with Crippen molar-refractivity contribution in [2.75, 3.05) is 6.61 Å². The van der Waals surface area contributed by atoms with Crippen LogP contribution in [0, 0.1) is 0 Å². The molecule has 0 aliphatic rings. The molecule has 0 aromatic carbocycles. The first-order valence-corrected chi connectivity index (χ1v) is 2.32. The van der Waals surface area contributed by atoms with Crippen LogP contribution in [-0.4, -0.2) is 30.5 Å². The number of hydrogen-bond donors (Lipinski definition) is 1. The van der Waals surface area contributed by atoms with E-state index < -0.39 is 25.4 Å². The smallest absolute Gasteiger partial charge is 0.450 e. The first-order valence-electron chi connectivity index (χ1n) is 2.32. The first-order chi connectivity index (χ1) is 4.54. The summed E-state index contributed by atoms with van der Waals surface area (Å²) >= 11 is 0. The van der Waals surface area contributed by atoms with Crippen LogP contribution in [-0.2, 0) is 4.74 Å². The Morgan fingerprint density at radius 1 is 1.50 bits per heavy atom. The van der Waals surface area contributed by atoms with E-state index in [9.17, 15) is 18.0 Å². The number of hydrogen-bond acceptors (Lipinski definition) is 2. The summed E-state index contributed by atoms with van der Waals surface area (Å²) in [5.41, 5.74) is 0. The summed E-state index contributed by atoms with van der Waals surface area (Å²) in [6, 6.07) is 0. The van der Waals surface area contributed by atoms with Crippen molar-refractivity contribution in [2.45, 2.75) is 12.6 Å². The Labute approximate surface area is 54.4 Å². The standard InChI is InChI=1S/C4H5F3O3/c5-2(3(6)7)1-10-4(8)9/h2-3H,1H2,(H,8,9). The van der Waals surface area contributed by atoms with Gasteiger partial charge in [-0.25, -0.2) is 18.0 Å². The molecule has 0 aliphatic carbocycles. The molecular weight excluding hydrogens is 153 g/mol. The lowest BCUT2D eigenvalue weighted by Crippen LogP contribution is -2.20. The molecule has 10 heavy (non-hydrogen) atoms. The maximum absolute atomic E-state index is 11.7. The third kappa shape index (κ3) is 3.99. The molecule has 3 nitrogen and oxygen atoms in total. The Morgan fingerprint density at radius 2 is 2.00 bits per heavy atom. The fourth-order valence-corrected chi connectivity index (χ4v) is 0.224. The van der Waals surface area contributed by atoms with Crippen LogP contribution < -0.4 is 0 Å². The van der Waals surface area contributed by atoms with Crippen LogP contribution in [0.1, 0.15) is 0 Å². The molecule has 0 amide bonds. The van der Waals surface area contributed by atoms with E-state index in [1.54, 1.807) is 0 Å². The SMILES string of the molecule is O=C(O)OCC(F)C(F)F. The zero-order valence-electron chi connectivity index (χ0n) is 4.76. The van der Waals surface area contributed by atoms with Crippen LogP contribution in [0.5, 0.6) is 0 Å². The molecule has 0 rings (SSSR count). The normalized spacial score (nSPS) is 13.2. The fourth-order valence-electron chi connectivity index (χ4n) is 0.224. The van der Waals surface area contributed by atoms with E-state index in [4.69, 9.17) is 5.11 Å². The summed E-state index contributed by atoms with van der Waals surface area (Å²) in [6.45, 7) is -1.12. The van der Waals surface area contributed by atoms with Gasteiger partial charge in [0.25, 0.3) is 6.43 Å². The second-order valence-electron chi connectivity index (χ2n) is 1.43. The van der Waals surface area contributed by atoms with E-state index in [1.165, 1.54) is 0 Å². The highest BCUT2D eigenvalue weighted by molar-refractivity contribution is 5.56. The van der Waals surface area contributed by atoms with Crippen LogP contribution in [0.15, 0.2) is 0 Å². The van der Waals surface area contributed by atoms with E-state index in [0.29, 0.717) is 0 Å². The summed E-state index contributed by atoms with van der Waals surface area (Å²) in [7, 11) is 0. The third-order valence-corrected chi connectivity index (χ3v) is 0.639. The highest BCUT2D eigenvalue weighted by Gasteiger charge is 2.20. The summed E-state index contributed by atoms with van der Waals surface area (Å²) in [6.07, 6.45) is -7.49. The summed E-state index contributed by atoms with van der Waals surface area (Å²) in [5, 5.41) is 7.71. The molecule has 0 aromatic heterocycles. The largest absolute Gasteiger partial charge is 0.505 e. The first kappa shape index (κ1) is 9.06. The van der Waals surface area contributed by atoms with E-state index in [2.05, 4.69) is 4.74 Å². The molecule has 0 heterocycles. The maximum Gasteiger partial charge on any atom is 0.505 e. The second kappa shape index (κ2) is 3.97. The monoisotopic (exact) mass is 158 g/mol. The average molecular weight is 158 g/mol. The van der Waals surface area contributed by atoms with Gasteiger partial charge in [-0.1, -0.05) is 0 Å². The van der Waals surface area contributed by atoms with Gasteiger partial charge in [0.05, 0.1) is 0 Å². The highest BCUT2D eigenvalue weighted by Crippen LogP contribution is 2.05. The Bertz CT molecular complexity index is 116. The Balaban J connectivity index is 3.39. The summed E-state index contributed by atoms with van der Waals surface area (Å²) < 4.78 is 37.7. The van der Waals surface area contributed by atoms with Crippen molar-refractivity contribution in [3.8, 4) is 0 Å². The lowest BCUT2D eigenvalue weighted by molar-refractivity contribution is -0.00163. The molecule has 0 fully saturated rings. The van der Waals surface area contributed by atoms with Crippen LogP contribution >= 0.6 is 0 Å². The zero-order valence-corrected chi connectivity index (χ0v) is 4.76. The van der Waals surface area contributed by atoms with Crippen molar-refractivity contribution in [1.82, 2.24) is 0 Å². The van der Waals surface area contributed by atoms with Gasteiger partial charge < -0.3 is 9.84 Å². The molecule has 0 spiro atoms. The van der Waals surface area contributed by atoms with Gasteiger partial charge in [-0.15, -0.1) is 0 Å². The van der Waals surface area contributed by atoms with Crippen LogP contribution in [0.25, 0.3) is 0 Å². The van der Waals surface area contributed by atoms with E-state index in [0.717, 1.165) is 0 Å². The van der Waals surface area contributed by atoms with E-state index in [1.807, 2.05) is 0 Å². The van der Waals surface area contributed by atoms with Crippen LogP contribution in [0.2, 0.25) is 0 Å². The van der Waals surface area contributed by atoms with Crippen molar-refractivity contribution < 1.29 is 27.8 Å². The van der Waals surface area contributed by atoms with E-state index in [-0.39, 0.29) is 0 Å². The molecule has 1 unspecified atom stereocenters. The number of rotatable bonds is 3. The molecule has 1 atom stereocenters. The topological polar surface area (TPSA) is 46.5 Å². The van der Waals surface area contributed by atoms with Gasteiger partial charge in [-0.05, 0) is 0 Å². The van der Waals surface area contributed by atoms with Crippen molar-refractivity contribution in [1.29, 1.82) is 0 Å². The molecule has 0 aliphatic heterocycles. The number of alkyl halides is 3. The Kier molecular flexibility index (Phi) is 3.60. The minimum Gasteiger partial charge on any atom is -0.450 e. The predicted octanol–water partition coefficient (Wildman–Crippen LogP) is 1.28. The summed E-state index contributed by atoms with van der Waals surface area (Å²) in [5.74, 6) is 0. The molecule has 0 radical (unpaired) electrons. The van der Waals surface area contributed by atoms with Gasteiger partial charge in [0, 0.05) is 0 Å². The lowest BCUT2D eigenvalue weighted by atomic mass is 10.4. The predicted molar refractivity (Wildman–Crippen MR) is 24.9 cm³/mol. The van der Waals surface area contributed by atoms with Gasteiger partial charge in [0.2, 0.25) is 0 Å².